The van der Waals surface area contributed by atoms with Crippen LogP contribution in [0.2, 0.25) is 10.0 Å². The summed E-state index contributed by atoms with van der Waals surface area (Å²) in [4.78, 5) is 20.9. The van der Waals surface area contributed by atoms with Crippen molar-refractivity contribution in [1.29, 1.82) is 0 Å². The van der Waals surface area contributed by atoms with Gasteiger partial charge in [0.15, 0.2) is 5.76 Å². The third kappa shape index (κ3) is 4.80. The quantitative estimate of drug-likeness (QED) is 0.585. The summed E-state index contributed by atoms with van der Waals surface area (Å²) in [5.41, 5.74) is 1.00. The Kier molecular flexibility index (Phi) is 6.18. The molecule has 1 fully saturated rings. The molecule has 0 atom stereocenters. The Labute approximate surface area is 178 Å². The molecule has 9 heteroatoms. The number of benzene rings is 1. The molecular weight excluding hydrogens is 415 g/mol. The van der Waals surface area contributed by atoms with E-state index in [0.717, 1.165) is 25.2 Å². The molecular formula is C20H20Cl2N4O3. The van der Waals surface area contributed by atoms with E-state index in [1.807, 2.05) is 17.0 Å². The number of piperazine rings is 1. The van der Waals surface area contributed by atoms with Crippen molar-refractivity contribution in [2.24, 2.45) is 0 Å². The maximum atomic E-state index is 12.5. The molecule has 29 heavy (non-hydrogen) atoms. The number of furan rings is 1. The van der Waals surface area contributed by atoms with E-state index in [1.165, 1.54) is 0 Å². The first-order valence-corrected chi connectivity index (χ1v) is 10.2. The number of rotatable bonds is 6. The van der Waals surface area contributed by atoms with Crippen LogP contribution in [0.1, 0.15) is 17.9 Å². The zero-order valence-electron chi connectivity index (χ0n) is 15.7. The SMILES string of the molecule is O=C(CCc1nc(-c2ccco2)no1)N1CCN(Cc2cccc(Cl)c2Cl)CC1. The predicted octanol–water partition coefficient (Wildman–Crippen LogP) is 3.91. The van der Waals surface area contributed by atoms with Crippen molar-refractivity contribution in [2.45, 2.75) is 19.4 Å². The predicted molar refractivity (Wildman–Crippen MR) is 109 cm³/mol. The van der Waals surface area contributed by atoms with Crippen LogP contribution in [0.4, 0.5) is 0 Å². The second-order valence-corrected chi connectivity index (χ2v) is 7.64. The van der Waals surface area contributed by atoms with Gasteiger partial charge in [-0.15, -0.1) is 0 Å². The molecule has 1 aliphatic heterocycles. The van der Waals surface area contributed by atoms with E-state index < -0.39 is 0 Å². The van der Waals surface area contributed by atoms with Crippen LogP contribution in [-0.4, -0.2) is 52.0 Å². The van der Waals surface area contributed by atoms with E-state index >= 15 is 0 Å². The number of aromatic nitrogens is 2. The fourth-order valence-electron chi connectivity index (χ4n) is 3.30. The molecule has 0 N–H and O–H groups in total. The van der Waals surface area contributed by atoms with Gasteiger partial charge in [-0.05, 0) is 23.8 Å². The molecule has 0 aliphatic carbocycles. The van der Waals surface area contributed by atoms with Crippen molar-refractivity contribution in [2.75, 3.05) is 26.2 Å². The van der Waals surface area contributed by atoms with Gasteiger partial charge in [0.2, 0.25) is 17.6 Å². The van der Waals surface area contributed by atoms with Crippen LogP contribution in [0.5, 0.6) is 0 Å². The molecule has 4 rings (SSSR count). The lowest BCUT2D eigenvalue weighted by molar-refractivity contribution is -0.133. The molecule has 2 aromatic heterocycles. The molecule has 1 amide bonds. The van der Waals surface area contributed by atoms with E-state index in [2.05, 4.69) is 15.0 Å². The fourth-order valence-corrected chi connectivity index (χ4v) is 3.68. The van der Waals surface area contributed by atoms with Gasteiger partial charge in [0.1, 0.15) is 0 Å². The number of carbonyl (C=O) groups is 1. The third-order valence-electron chi connectivity index (χ3n) is 4.91. The maximum Gasteiger partial charge on any atom is 0.238 e. The average Bonchev–Trinajstić information content (AvgIpc) is 3.42. The van der Waals surface area contributed by atoms with Crippen LogP contribution in [0.3, 0.4) is 0 Å². The number of halogens is 2. The van der Waals surface area contributed by atoms with Crippen LogP contribution in [0.15, 0.2) is 45.5 Å². The minimum Gasteiger partial charge on any atom is -0.461 e. The minimum absolute atomic E-state index is 0.0863. The summed E-state index contributed by atoms with van der Waals surface area (Å²) in [5.74, 6) is 1.45. The Bertz CT molecular complexity index is 966. The van der Waals surface area contributed by atoms with Crippen molar-refractivity contribution in [3.8, 4) is 11.6 Å². The van der Waals surface area contributed by atoms with Crippen LogP contribution >= 0.6 is 23.2 Å². The van der Waals surface area contributed by atoms with Crippen molar-refractivity contribution < 1.29 is 13.7 Å². The number of aryl methyl sites for hydroxylation is 1. The van der Waals surface area contributed by atoms with Gasteiger partial charge in [-0.2, -0.15) is 4.98 Å². The molecule has 1 saturated heterocycles. The van der Waals surface area contributed by atoms with Gasteiger partial charge in [0.05, 0.1) is 16.3 Å². The molecule has 7 nitrogen and oxygen atoms in total. The summed E-state index contributed by atoms with van der Waals surface area (Å²) in [7, 11) is 0. The highest BCUT2D eigenvalue weighted by molar-refractivity contribution is 6.42. The standard InChI is InChI=1S/C20H20Cl2N4O3/c21-15-4-1-3-14(19(15)22)13-25-8-10-26(11-9-25)18(27)7-6-17-23-20(24-29-17)16-5-2-12-28-16/h1-5,12H,6-11,13H2. The Balaban J connectivity index is 1.24. The summed E-state index contributed by atoms with van der Waals surface area (Å²) in [6.07, 6.45) is 2.29. The Hall–Kier alpha value is -2.35. The normalized spacial score (nSPS) is 15.0. The van der Waals surface area contributed by atoms with E-state index in [0.29, 0.717) is 53.5 Å². The molecule has 0 bridgehead atoms. The third-order valence-corrected chi connectivity index (χ3v) is 5.77. The second-order valence-electron chi connectivity index (χ2n) is 6.86. The molecule has 152 valence electrons. The second kappa shape index (κ2) is 8.98. The van der Waals surface area contributed by atoms with Gasteiger partial charge in [0.25, 0.3) is 0 Å². The number of carbonyl (C=O) groups excluding carboxylic acids is 1. The number of hydrogen-bond acceptors (Lipinski definition) is 6. The van der Waals surface area contributed by atoms with Gasteiger partial charge < -0.3 is 13.8 Å². The fraction of sp³-hybridized carbons (Fsp3) is 0.350. The van der Waals surface area contributed by atoms with Crippen LogP contribution in [0, 0.1) is 0 Å². The lowest BCUT2D eigenvalue weighted by Gasteiger charge is -2.35. The van der Waals surface area contributed by atoms with Gasteiger partial charge in [0, 0.05) is 45.6 Å². The van der Waals surface area contributed by atoms with Crippen molar-refractivity contribution in [3.05, 3.63) is 58.1 Å². The summed E-state index contributed by atoms with van der Waals surface area (Å²) in [5, 5.41) is 5.04. The first kappa shape index (κ1) is 19.9. The number of nitrogens with zero attached hydrogens (tertiary/aromatic N) is 4. The maximum absolute atomic E-state index is 12.5. The summed E-state index contributed by atoms with van der Waals surface area (Å²) < 4.78 is 10.4. The lowest BCUT2D eigenvalue weighted by atomic mass is 10.2. The van der Waals surface area contributed by atoms with Crippen LogP contribution < -0.4 is 0 Å². The number of hydrogen-bond donors (Lipinski definition) is 0. The molecule has 1 aliphatic rings. The number of amides is 1. The van der Waals surface area contributed by atoms with E-state index in [4.69, 9.17) is 32.1 Å². The zero-order chi connectivity index (χ0) is 20.2. The summed E-state index contributed by atoms with van der Waals surface area (Å²) >= 11 is 12.4. The van der Waals surface area contributed by atoms with E-state index in [1.54, 1.807) is 24.5 Å². The molecule has 0 radical (unpaired) electrons. The van der Waals surface area contributed by atoms with Crippen molar-refractivity contribution >= 4 is 29.1 Å². The van der Waals surface area contributed by atoms with E-state index in [9.17, 15) is 4.79 Å². The Morgan fingerprint density at radius 2 is 1.93 bits per heavy atom. The highest BCUT2D eigenvalue weighted by Crippen LogP contribution is 2.26. The monoisotopic (exact) mass is 434 g/mol. The van der Waals surface area contributed by atoms with Gasteiger partial charge in [-0.1, -0.05) is 40.5 Å². The van der Waals surface area contributed by atoms with Gasteiger partial charge in [-0.3, -0.25) is 9.69 Å². The smallest absolute Gasteiger partial charge is 0.238 e. The first-order chi connectivity index (χ1) is 14.1. The summed E-state index contributed by atoms with van der Waals surface area (Å²) in [6, 6.07) is 9.18. The van der Waals surface area contributed by atoms with Crippen LogP contribution in [0.25, 0.3) is 11.6 Å². The first-order valence-electron chi connectivity index (χ1n) is 9.39. The zero-order valence-corrected chi connectivity index (χ0v) is 17.2. The average molecular weight is 435 g/mol. The largest absolute Gasteiger partial charge is 0.461 e. The Morgan fingerprint density at radius 1 is 1.10 bits per heavy atom. The molecule has 0 saturated carbocycles. The van der Waals surface area contributed by atoms with Crippen molar-refractivity contribution in [1.82, 2.24) is 19.9 Å². The topological polar surface area (TPSA) is 75.6 Å². The molecule has 0 unspecified atom stereocenters. The lowest BCUT2D eigenvalue weighted by Crippen LogP contribution is -2.48. The van der Waals surface area contributed by atoms with Crippen molar-refractivity contribution in [3.63, 3.8) is 0 Å². The highest BCUT2D eigenvalue weighted by atomic mass is 35.5. The molecule has 1 aromatic carbocycles. The van der Waals surface area contributed by atoms with E-state index in [-0.39, 0.29) is 5.91 Å². The molecule has 3 aromatic rings. The van der Waals surface area contributed by atoms with Gasteiger partial charge >= 0.3 is 0 Å². The highest BCUT2D eigenvalue weighted by Gasteiger charge is 2.22. The molecule has 3 heterocycles. The summed E-state index contributed by atoms with van der Waals surface area (Å²) in [6.45, 7) is 3.66. The van der Waals surface area contributed by atoms with Gasteiger partial charge in [-0.25, -0.2) is 0 Å². The minimum atomic E-state index is 0.0863. The Morgan fingerprint density at radius 3 is 2.69 bits per heavy atom. The molecule has 0 spiro atoms. The van der Waals surface area contributed by atoms with Crippen LogP contribution in [-0.2, 0) is 17.8 Å².